The summed E-state index contributed by atoms with van der Waals surface area (Å²) in [7, 11) is 0. The number of hydrogen-bond donors (Lipinski definition) is 3. The minimum atomic E-state index is -1.20. The Balaban J connectivity index is 2.10. The van der Waals surface area contributed by atoms with Crippen LogP contribution in [0.3, 0.4) is 0 Å². The van der Waals surface area contributed by atoms with Crippen molar-refractivity contribution in [2.45, 2.75) is 6.92 Å². The van der Waals surface area contributed by atoms with Gasteiger partial charge in [-0.15, -0.1) is 0 Å². The van der Waals surface area contributed by atoms with E-state index in [0.717, 1.165) is 5.56 Å². The number of rotatable bonds is 4. The molecule has 122 valence electrons. The van der Waals surface area contributed by atoms with Gasteiger partial charge in [0.15, 0.2) is 11.4 Å². The van der Waals surface area contributed by atoms with Crippen LogP contribution in [0.4, 0.5) is 0 Å². The number of hydrogen-bond acceptors (Lipinski definition) is 6. The number of pyridine rings is 1. The van der Waals surface area contributed by atoms with E-state index in [1.54, 1.807) is 6.92 Å². The van der Waals surface area contributed by atoms with Gasteiger partial charge in [-0.05, 0) is 6.92 Å². The van der Waals surface area contributed by atoms with Crippen molar-refractivity contribution in [3.8, 4) is 17.0 Å². The number of carbonyl (C=O) groups excluding carboxylic acids is 1. The van der Waals surface area contributed by atoms with Crippen molar-refractivity contribution in [1.29, 1.82) is 0 Å². The molecule has 1 aromatic carbocycles. The molecule has 0 aliphatic carbocycles. The molecule has 3 N–H and O–H groups in total. The molecule has 0 radical (unpaired) electrons. The van der Waals surface area contributed by atoms with Crippen LogP contribution in [0.2, 0.25) is 0 Å². The Hall–Kier alpha value is -3.42. The number of aromatic hydroxyl groups is 1. The van der Waals surface area contributed by atoms with E-state index >= 15 is 0 Å². The minimum Gasteiger partial charge on any atom is -0.503 e. The number of carboxylic acid groups (broad SMARTS) is 1. The number of benzene rings is 1. The average Bonchev–Trinajstić information content (AvgIpc) is 3.02. The predicted octanol–water partition coefficient (Wildman–Crippen LogP) is 1.72. The van der Waals surface area contributed by atoms with Crippen LogP contribution in [0.1, 0.15) is 16.2 Å². The van der Waals surface area contributed by atoms with Crippen molar-refractivity contribution in [2.24, 2.45) is 0 Å². The number of carbonyl (C=O) groups is 2. The third-order valence-electron chi connectivity index (χ3n) is 3.44. The fourth-order valence-electron chi connectivity index (χ4n) is 2.36. The summed E-state index contributed by atoms with van der Waals surface area (Å²) >= 11 is 0. The molecule has 0 bridgehead atoms. The highest BCUT2D eigenvalue weighted by Gasteiger charge is 2.24. The first-order chi connectivity index (χ1) is 11.5. The monoisotopic (exact) mass is 327 g/mol. The summed E-state index contributed by atoms with van der Waals surface area (Å²) in [5.74, 6) is -2.49. The molecule has 0 atom stereocenters. The number of nitrogens with zero attached hydrogens (tertiary/aromatic N) is 2. The molecule has 0 spiro atoms. The molecule has 0 unspecified atom stereocenters. The third kappa shape index (κ3) is 2.65. The average molecular weight is 327 g/mol. The number of aliphatic carboxylic acids is 1. The quantitative estimate of drug-likeness (QED) is 0.666. The van der Waals surface area contributed by atoms with Gasteiger partial charge in [0, 0.05) is 5.56 Å². The number of nitrogens with one attached hydrogen (secondary N) is 1. The largest absolute Gasteiger partial charge is 0.503 e. The summed E-state index contributed by atoms with van der Waals surface area (Å²) < 4.78 is 5.20. The molecule has 0 aliphatic heterocycles. The molecule has 8 nitrogen and oxygen atoms in total. The lowest BCUT2D eigenvalue weighted by atomic mass is 10.1. The van der Waals surface area contributed by atoms with E-state index in [4.69, 9.17) is 9.63 Å². The highest BCUT2D eigenvalue weighted by Crippen LogP contribution is 2.35. The van der Waals surface area contributed by atoms with Crippen molar-refractivity contribution in [2.75, 3.05) is 6.54 Å². The normalized spacial score (nSPS) is 10.7. The third-order valence-corrected chi connectivity index (χ3v) is 3.44. The predicted molar refractivity (Wildman–Crippen MR) is 83.6 cm³/mol. The molecule has 3 rings (SSSR count). The van der Waals surface area contributed by atoms with Crippen molar-refractivity contribution in [1.82, 2.24) is 15.5 Å². The Kier molecular flexibility index (Phi) is 3.87. The fraction of sp³-hybridized carbons (Fsp3) is 0.125. The smallest absolute Gasteiger partial charge is 0.322 e. The topological polar surface area (TPSA) is 126 Å². The molecule has 0 saturated carbocycles. The second kappa shape index (κ2) is 5.99. The van der Waals surface area contributed by atoms with Crippen molar-refractivity contribution in [3.63, 3.8) is 0 Å². The molecule has 0 saturated heterocycles. The first-order valence-electron chi connectivity index (χ1n) is 7.03. The van der Waals surface area contributed by atoms with Crippen LogP contribution in [0.25, 0.3) is 22.2 Å². The van der Waals surface area contributed by atoms with Gasteiger partial charge in [-0.2, -0.15) is 0 Å². The summed E-state index contributed by atoms with van der Waals surface area (Å²) in [6, 6.07) is 9.21. The van der Waals surface area contributed by atoms with Crippen LogP contribution < -0.4 is 5.32 Å². The van der Waals surface area contributed by atoms with Crippen LogP contribution >= 0.6 is 0 Å². The summed E-state index contributed by atoms with van der Waals surface area (Å²) in [5.41, 5.74) is 1.44. The lowest BCUT2D eigenvalue weighted by Gasteiger charge is -2.06. The van der Waals surface area contributed by atoms with E-state index in [2.05, 4.69) is 15.5 Å². The van der Waals surface area contributed by atoms with Crippen molar-refractivity contribution in [3.05, 3.63) is 41.7 Å². The van der Waals surface area contributed by atoms with E-state index in [0.29, 0.717) is 16.8 Å². The Morgan fingerprint density at radius 2 is 1.96 bits per heavy atom. The van der Waals surface area contributed by atoms with E-state index in [1.165, 1.54) is 0 Å². The van der Waals surface area contributed by atoms with Crippen molar-refractivity contribution >= 4 is 22.8 Å². The number of carboxylic acids is 1. The number of aryl methyl sites for hydroxylation is 1. The molecular weight excluding hydrogens is 314 g/mol. The second-order valence-electron chi connectivity index (χ2n) is 5.07. The van der Waals surface area contributed by atoms with E-state index < -0.39 is 24.2 Å². The first-order valence-corrected chi connectivity index (χ1v) is 7.03. The van der Waals surface area contributed by atoms with Gasteiger partial charge >= 0.3 is 5.97 Å². The number of amides is 1. The van der Waals surface area contributed by atoms with Crippen LogP contribution in [-0.4, -0.2) is 38.8 Å². The maximum absolute atomic E-state index is 12.0. The van der Waals surface area contributed by atoms with E-state index in [1.807, 2.05) is 30.3 Å². The van der Waals surface area contributed by atoms with E-state index in [9.17, 15) is 14.7 Å². The Morgan fingerprint density at radius 3 is 2.62 bits per heavy atom. The van der Waals surface area contributed by atoms with Gasteiger partial charge in [0.2, 0.25) is 5.58 Å². The summed E-state index contributed by atoms with van der Waals surface area (Å²) in [6.07, 6.45) is 0. The van der Waals surface area contributed by atoms with Crippen LogP contribution in [-0.2, 0) is 4.79 Å². The summed E-state index contributed by atoms with van der Waals surface area (Å²) in [5, 5.41) is 25.5. The van der Waals surface area contributed by atoms with Crippen LogP contribution in [0, 0.1) is 6.92 Å². The van der Waals surface area contributed by atoms with Crippen molar-refractivity contribution < 1.29 is 24.3 Å². The van der Waals surface area contributed by atoms with Gasteiger partial charge in [-0.1, -0.05) is 35.5 Å². The molecular formula is C16H13N3O5. The maximum Gasteiger partial charge on any atom is 0.322 e. The zero-order valence-corrected chi connectivity index (χ0v) is 12.6. The molecule has 2 heterocycles. The standard InChI is InChI=1S/C16H13N3O5/c1-8-11-12(9-5-3-2-4-6-9)19-24-15(11)14(22)13(18-8)16(23)17-7-10(20)21/h2-6,22H,7H2,1H3,(H,17,23)(H,20,21). The van der Waals surface area contributed by atoms with Crippen LogP contribution in [0.5, 0.6) is 5.75 Å². The Bertz CT molecular complexity index is 934. The van der Waals surface area contributed by atoms with Gasteiger partial charge in [-0.25, -0.2) is 4.98 Å². The van der Waals surface area contributed by atoms with Gasteiger partial charge in [-0.3, -0.25) is 9.59 Å². The SMILES string of the molecule is Cc1nc(C(=O)NCC(=O)O)c(O)c2onc(-c3ccccc3)c12. The second-order valence-corrected chi connectivity index (χ2v) is 5.07. The zero-order valence-electron chi connectivity index (χ0n) is 12.6. The fourth-order valence-corrected chi connectivity index (χ4v) is 2.36. The molecule has 0 aliphatic rings. The molecule has 0 fully saturated rings. The molecule has 1 amide bonds. The Morgan fingerprint density at radius 1 is 1.25 bits per heavy atom. The first kappa shape index (κ1) is 15.5. The summed E-state index contributed by atoms with van der Waals surface area (Å²) in [4.78, 5) is 26.6. The highest BCUT2D eigenvalue weighted by atomic mass is 16.5. The van der Waals surface area contributed by atoms with Gasteiger partial charge in [0.05, 0.1) is 11.1 Å². The van der Waals surface area contributed by atoms with Crippen LogP contribution in [0.15, 0.2) is 34.9 Å². The zero-order chi connectivity index (χ0) is 17.3. The van der Waals surface area contributed by atoms with Gasteiger partial charge in [0.1, 0.15) is 12.2 Å². The Labute approximate surface area is 135 Å². The molecule has 3 aromatic rings. The molecule has 2 aromatic heterocycles. The number of fused-ring (bicyclic) bond motifs is 1. The van der Waals surface area contributed by atoms with Gasteiger partial charge in [0.25, 0.3) is 5.91 Å². The summed E-state index contributed by atoms with van der Waals surface area (Å²) in [6.45, 7) is 1.07. The molecule has 8 heteroatoms. The van der Waals surface area contributed by atoms with E-state index in [-0.39, 0.29) is 11.3 Å². The highest BCUT2D eigenvalue weighted by molar-refractivity contribution is 6.04. The van der Waals surface area contributed by atoms with Gasteiger partial charge < -0.3 is 20.1 Å². The maximum atomic E-state index is 12.0. The molecule has 24 heavy (non-hydrogen) atoms. The lowest BCUT2D eigenvalue weighted by Crippen LogP contribution is -2.30. The number of aromatic nitrogens is 2. The lowest BCUT2D eigenvalue weighted by molar-refractivity contribution is -0.135. The minimum absolute atomic E-state index is 0.0295.